The van der Waals surface area contributed by atoms with Crippen molar-refractivity contribution in [2.45, 2.75) is 13.0 Å². The molecule has 5 heteroatoms. The Morgan fingerprint density at radius 2 is 2.20 bits per heavy atom. The third-order valence-corrected chi connectivity index (χ3v) is 1.86. The van der Waals surface area contributed by atoms with E-state index < -0.39 is 17.8 Å². The number of halogens is 1. The van der Waals surface area contributed by atoms with Gasteiger partial charge in [-0.05, 0) is 25.1 Å². The third-order valence-electron chi connectivity index (χ3n) is 1.86. The van der Waals surface area contributed by atoms with E-state index in [2.05, 4.69) is 10.1 Å². The van der Waals surface area contributed by atoms with Crippen LogP contribution in [0, 0.1) is 5.82 Å². The second kappa shape index (κ2) is 4.63. The summed E-state index contributed by atoms with van der Waals surface area (Å²) in [6, 6.07) is 3.46. The number of ether oxygens (including phenoxy) is 1. The van der Waals surface area contributed by atoms with Gasteiger partial charge in [0.2, 0.25) is 0 Å². The lowest BCUT2D eigenvalue weighted by molar-refractivity contribution is -0.141. The maximum Gasteiger partial charge on any atom is 0.327 e. The Morgan fingerprint density at radius 1 is 1.53 bits per heavy atom. The predicted molar refractivity (Wildman–Crippen MR) is 55.9 cm³/mol. The smallest absolute Gasteiger partial charge is 0.327 e. The van der Waals surface area contributed by atoms with E-state index in [0.29, 0.717) is 11.4 Å². The van der Waals surface area contributed by atoms with Crippen LogP contribution in [0.2, 0.25) is 0 Å². The summed E-state index contributed by atoms with van der Waals surface area (Å²) in [4.78, 5) is 11.1. The molecule has 0 fully saturated rings. The molecule has 0 aliphatic rings. The van der Waals surface area contributed by atoms with Gasteiger partial charge in [0.15, 0.2) is 0 Å². The molecule has 0 aliphatic carbocycles. The topological polar surface area (TPSA) is 64.3 Å². The largest absolute Gasteiger partial charge is 0.467 e. The van der Waals surface area contributed by atoms with Gasteiger partial charge in [0, 0.05) is 11.4 Å². The number of benzene rings is 1. The Kier molecular flexibility index (Phi) is 3.49. The van der Waals surface area contributed by atoms with E-state index in [0.717, 1.165) is 0 Å². The zero-order valence-corrected chi connectivity index (χ0v) is 8.58. The first-order valence-electron chi connectivity index (χ1n) is 4.43. The lowest BCUT2D eigenvalue weighted by Gasteiger charge is -2.13. The van der Waals surface area contributed by atoms with Crippen molar-refractivity contribution in [1.82, 2.24) is 0 Å². The lowest BCUT2D eigenvalue weighted by Crippen LogP contribution is -2.27. The number of anilines is 2. The van der Waals surface area contributed by atoms with E-state index in [-0.39, 0.29) is 0 Å². The number of nitrogens with two attached hydrogens (primary N) is 1. The molecule has 1 atom stereocenters. The van der Waals surface area contributed by atoms with Crippen molar-refractivity contribution in [2.24, 2.45) is 0 Å². The zero-order chi connectivity index (χ0) is 11.4. The Hall–Kier alpha value is -1.78. The Labute approximate surface area is 87.2 Å². The van der Waals surface area contributed by atoms with Crippen molar-refractivity contribution < 1.29 is 13.9 Å². The van der Waals surface area contributed by atoms with Crippen molar-refractivity contribution in [1.29, 1.82) is 0 Å². The standard InChI is InChI=1S/C10H13FN2O2/c1-6(10(14)15-2)13-9-4-7(11)3-8(12)5-9/h3-6,13H,12H2,1-2H3. The maximum absolute atomic E-state index is 12.9. The van der Waals surface area contributed by atoms with Crippen LogP contribution in [0.4, 0.5) is 15.8 Å². The van der Waals surface area contributed by atoms with Crippen molar-refractivity contribution in [3.05, 3.63) is 24.0 Å². The van der Waals surface area contributed by atoms with E-state index in [1.807, 2.05) is 0 Å². The molecule has 0 saturated heterocycles. The highest BCUT2D eigenvalue weighted by Crippen LogP contribution is 2.16. The van der Waals surface area contributed by atoms with Gasteiger partial charge in [-0.15, -0.1) is 0 Å². The van der Waals surface area contributed by atoms with E-state index >= 15 is 0 Å². The summed E-state index contributed by atoms with van der Waals surface area (Å²) in [7, 11) is 1.29. The van der Waals surface area contributed by atoms with Crippen LogP contribution in [0.3, 0.4) is 0 Å². The number of esters is 1. The highest BCUT2D eigenvalue weighted by Gasteiger charge is 2.12. The Bertz CT molecular complexity index is 348. The van der Waals surface area contributed by atoms with E-state index in [9.17, 15) is 9.18 Å². The molecule has 0 aliphatic heterocycles. The summed E-state index contributed by atoms with van der Waals surface area (Å²) >= 11 is 0. The van der Waals surface area contributed by atoms with Crippen molar-refractivity contribution >= 4 is 17.3 Å². The van der Waals surface area contributed by atoms with Gasteiger partial charge in [-0.25, -0.2) is 9.18 Å². The summed E-state index contributed by atoms with van der Waals surface area (Å²) in [6.07, 6.45) is 0. The average molecular weight is 212 g/mol. The van der Waals surface area contributed by atoms with Crippen molar-refractivity contribution in [2.75, 3.05) is 18.2 Å². The molecule has 0 heterocycles. The summed E-state index contributed by atoms with van der Waals surface area (Å²) in [6.45, 7) is 1.62. The molecule has 0 bridgehead atoms. The molecule has 4 nitrogen and oxygen atoms in total. The number of carbonyl (C=O) groups is 1. The number of carbonyl (C=O) groups excluding carboxylic acids is 1. The lowest BCUT2D eigenvalue weighted by atomic mass is 10.2. The fourth-order valence-electron chi connectivity index (χ4n) is 1.18. The predicted octanol–water partition coefficient (Wildman–Crippen LogP) is 1.38. The van der Waals surface area contributed by atoms with Gasteiger partial charge >= 0.3 is 5.97 Å². The number of nitrogens with one attached hydrogen (secondary N) is 1. The molecular formula is C10H13FN2O2. The molecule has 82 valence electrons. The van der Waals surface area contributed by atoms with Crippen LogP contribution in [0.25, 0.3) is 0 Å². The van der Waals surface area contributed by atoms with Gasteiger partial charge in [0.25, 0.3) is 0 Å². The summed E-state index contributed by atoms with van der Waals surface area (Å²) < 4.78 is 17.4. The van der Waals surface area contributed by atoms with E-state index in [1.165, 1.54) is 19.2 Å². The van der Waals surface area contributed by atoms with Gasteiger partial charge < -0.3 is 15.8 Å². The summed E-state index contributed by atoms with van der Waals surface area (Å²) in [5, 5.41) is 2.78. The summed E-state index contributed by atoms with van der Waals surface area (Å²) in [5.74, 6) is -0.868. The number of hydrogen-bond donors (Lipinski definition) is 2. The number of nitrogen functional groups attached to an aromatic ring is 1. The van der Waals surface area contributed by atoms with Gasteiger partial charge in [0.1, 0.15) is 11.9 Å². The van der Waals surface area contributed by atoms with Crippen molar-refractivity contribution in [3.8, 4) is 0 Å². The second-order valence-corrected chi connectivity index (χ2v) is 3.16. The van der Waals surface area contributed by atoms with Crippen LogP contribution < -0.4 is 11.1 Å². The van der Waals surface area contributed by atoms with Crippen LogP contribution in [-0.2, 0) is 9.53 Å². The highest BCUT2D eigenvalue weighted by molar-refractivity contribution is 5.78. The molecule has 1 aromatic rings. The van der Waals surface area contributed by atoms with Crippen LogP contribution >= 0.6 is 0 Å². The average Bonchev–Trinajstić information content (AvgIpc) is 2.14. The van der Waals surface area contributed by atoms with E-state index in [4.69, 9.17) is 5.73 Å². The number of rotatable bonds is 3. The first kappa shape index (κ1) is 11.3. The Morgan fingerprint density at radius 3 is 2.73 bits per heavy atom. The molecule has 1 aromatic carbocycles. The maximum atomic E-state index is 12.9. The molecule has 0 radical (unpaired) electrons. The van der Waals surface area contributed by atoms with E-state index in [1.54, 1.807) is 13.0 Å². The van der Waals surface area contributed by atoms with Crippen LogP contribution in [0.5, 0.6) is 0 Å². The minimum atomic E-state index is -0.545. The molecule has 0 spiro atoms. The number of methoxy groups -OCH3 is 1. The zero-order valence-electron chi connectivity index (χ0n) is 8.58. The minimum absolute atomic E-state index is 0.301. The first-order valence-corrected chi connectivity index (χ1v) is 4.43. The van der Waals surface area contributed by atoms with Gasteiger partial charge in [-0.2, -0.15) is 0 Å². The molecule has 0 saturated carbocycles. The molecular weight excluding hydrogens is 199 g/mol. The van der Waals surface area contributed by atoms with Crippen LogP contribution in [0.1, 0.15) is 6.92 Å². The molecule has 1 rings (SSSR count). The van der Waals surface area contributed by atoms with Gasteiger partial charge in [0.05, 0.1) is 7.11 Å². The van der Waals surface area contributed by atoms with Gasteiger partial charge in [-0.3, -0.25) is 0 Å². The molecule has 3 N–H and O–H groups in total. The monoisotopic (exact) mass is 212 g/mol. The SMILES string of the molecule is COC(=O)C(C)Nc1cc(N)cc(F)c1. The third kappa shape index (κ3) is 3.12. The summed E-state index contributed by atoms with van der Waals surface area (Å²) in [5.41, 5.74) is 6.20. The fraction of sp³-hybridized carbons (Fsp3) is 0.300. The first-order chi connectivity index (χ1) is 7.02. The molecule has 1 unspecified atom stereocenters. The fourth-order valence-corrected chi connectivity index (χ4v) is 1.18. The second-order valence-electron chi connectivity index (χ2n) is 3.16. The highest BCUT2D eigenvalue weighted by atomic mass is 19.1. The quantitative estimate of drug-likeness (QED) is 0.587. The Balaban J connectivity index is 2.76. The van der Waals surface area contributed by atoms with Crippen LogP contribution in [0.15, 0.2) is 18.2 Å². The molecule has 0 amide bonds. The van der Waals surface area contributed by atoms with Crippen LogP contribution in [-0.4, -0.2) is 19.1 Å². The molecule has 0 aromatic heterocycles. The number of hydrogen-bond acceptors (Lipinski definition) is 4. The van der Waals surface area contributed by atoms with Crippen molar-refractivity contribution in [3.63, 3.8) is 0 Å². The van der Waals surface area contributed by atoms with Gasteiger partial charge in [-0.1, -0.05) is 0 Å². The normalized spacial score (nSPS) is 11.9. The minimum Gasteiger partial charge on any atom is -0.467 e. The molecule has 15 heavy (non-hydrogen) atoms.